The van der Waals surface area contributed by atoms with Gasteiger partial charge in [0.15, 0.2) is 11.2 Å². The smallest absolute Gasteiger partial charge is 0.261 e. The van der Waals surface area contributed by atoms with Gasteiger partial charge in [-0.05, 0) is 54.7 Å². The SMILES string of the molecule is Nc1nc(OCc2ccc(CN3C(=O)c4ccc(N5CCCC5)c5c(N6CCC6)ccc(c45)C3=O)cc2)c2nc[nH]c2n1. The number of fused-ring (bicyclic) bond motifs is 1. The van der Waals surface area contributed by atoms with Gasteiger partial charge in [-0.2, -0.15) is 9.97 Å². The van der Waals surface area contributed by atoms with Crippen LogP contribution in [0.15, 0.2) is 54.9 Å². The number of imide groups is 1. The van der Waals surface area contributed by atoms with Gasteiger partial charge in [-0.25, -0.2) is 4.98 Å². The molecule has 0 spiro atoms. The highest BCUT2D eigenvalue weighted by Gasteiger charge is 2.36. The van der Waals surface area contributed by atoms with E-state index >= 15 is 0 Å². The summed E-state index contributed by atoms with van der Waals surface area (Å²) in [5.74, 6) is -0.115. The molecular weight excluding hydrogens is 544 g/mol. The summed E-state index contributed by atoms with van der Waals surface area (Å²) in [4.78, 5) is 49.2. The molecular formula is C32H30N8O3. The number of hydrogen-bond donors (Lipinski definition) is 2. The molecule has 3 aromatic carbocycles. The van der Waals surface area contributed by atoms with Crippen LogP contribution in [0.2, 0.25) is 0 Å². The Morgan fingerprint density at radius 3 is 2.02 bits per heavy atom. The Bertz CT molecular complexity index is 1890. The van der Waals surface area contributed by atoms with E-state index in [-0.39, 0.29) is 30.9 Å². The van der Waals surface area contributed by atoms with E-state index in [1.807, 2.05) is 36.4 Å². The first kappa shape index (κ1) is 25.5. The molecule has 5 aromatic rings. The van der Waals surface area contributed by atoms with E-state index in [0.717, 1.165) is 78.7 Å². The second kappa shape index (κ2) is 9.97. The third kappa shape index (κ3) is 4.22. The zero-order valence-corrected chi connectivity index (χ0v) is 23.5. The predicted molar refractivity (Wildman–Crippen MR) is 163 cm³/mol. The second-order valence-corrected chi connectivity index (χ2v) is 11.3. The molecule has 11 nitrogen and oxygen atoms in total. The molecule has 0 bridgehead atoms. The van der Waals surface area contributed by atoms with Crippen molar-refractivity contribution in [2.24, 2.45) is 0 Å². The van der Waals surface area contributed by atoms with Crippen LogP contribution in [0.25, 0.3) is 21.9 Å². The van der Waals surface area contributed by atoms with Crippen molar-refractivity contribution >= 4 is 51.1 Å². The lowest BCUT2D eigenvalue weighted by Crippen LogP contribution is -2.41. The number of nitrogens with two attached hydrogens (primary N) is 1. The quantitative estimate of drug-likeness (QED) is 0.273. The topological polar surface area (TPSA) is 134 Å². The van der Waals surface area contributed by atoms with Crippen LogP contribution in [0, 0.1) is 0 Å². The number of aromatic nitrogens is 4. The summed E-state index contributed by atoms with van der Waals surface area (Å²) >= 11 is 0. The van der Waals surface area contributed by atoms with Crippen molar-refractivity contribution in [1.82, 2.24) is 24.8 Å². The van der Waals surface area contributed by atoms with Crippen LogP contribution in [0.5, 0.6) is 5.88 Å². The standard InChI is InChI=1S/C32H30N8O3/c33-32-36-28-27(34-18-35-28)29(37-32)43-17-20-6-4-19(5-7-20)16-40-30(41)21-8-10-23(38-12-1-2-13-38)26-24(39-14-3-15-39)11-9-22(25(21)26)31(40)42/h4-11,18H,1-3,12-17H2,(H3,33,34,35,36,37). The molecule has 216 valence electrons. The number of nitrogens with zero attached hydrogens (tertiary/aromatic N) is 6. The summed E-state index contributed by atoms with van der Waals surface area (Å²) in [5.41, 5.74) is 12.0. The highest BCUT2D eigenvalue weighted by Crippen LogP contribution is 2.43. The van der Waals surface area contributed by atoms with Crippen LogP contribution in [-0.4, -0.2) is 62.8 Å². The van der Waals surface area contributed by atoms with E-state index in [2.05, 4.69) is 41.9 Å². The number of carbonyl (C=O) groups excluding carboxylic acids is 2. The van der Waals surface area contributed by atoms with Crippen molar-refractivity contribution in [2.45, 2.75) is 32.4 Å². The van der Waals surface area contributed by atoms with Gasteiger partial charge in [0.2, 0.25) is 11.8 Å². The van der Waals surface area contributed by atoms with Crippen molar-refractivity contribution in [2.75, 3.05) is 41.7 Å². The third-order valence-electron chi connectivity index (χ3n) is 8.71. The summed E-state index contributed by atoms with van der Waals surface area (Å²) in [6.07, 6.45) is 4.98. The maximum atomic E-state index is 13.9. The molecule has 3 aliphatic rings. The Hall–Kier alpha value is -5.19. The molecule has 0 atom stereocenters. The summed E-state index contributed by atoms with van der Waals surface area (Å²) in [6, 6.07) is 15.6. The average molecular weight is 575 g/mol. The number of nitrogen functional groups attached to an aromatic ring is 1. The highest BCUT2D eigenvalue weighted by molar-refractivity contribution is 6.28. The number of aromatic amines is 1. The molecule has 0 aliphatic carbocycles. The maximum Gasteiger partial charge on any atom is 0.261 e. The minimum atomic E-state index is -0.256. The molecule has 2 fully saturated rings. The molecule has 3 aliphatic heterocycles. The summed E-state index contributed by atoms with van der Waals surface area (Å²) in [7, 11) is 0. The van der Waals surface area contributed by atoms with E-state index in [4.69, 9.17) is 10.5 Å². The van der Waals surface area contributed by atoms with Crippen molar-refractivity contribution in [1.29, 1.82) is 0 Å². The first-order chi connectivity index (χ1) is 21.0. The predicted octanol–water partition coefficient (Wildman–Crippen LogP) is 4.27. The number of anilines is 3. The van der Waals surface area contributed by atoms with Gasteiger partial charge in [0.25, 0.3) is 11.8 Å². The Labute approximate surface area is 247 Å². The molecule has 2 aromatic heterocycles. The van der Waals surface area contributed by atoms with Crippen LogP contribution < -0.4 is 20.3 Å². The van der Waals surface area contributed by atoms with Crippen LogP contribution in [-0.2, 0) is 13.2 Å². The first-order valence-electron chi connectivity index (χ1n) is 14.7. The third-order valence-corrected chi connectivity index (χ3v) is 8.71. The van der Waals surface area contributed by atoms with Gasteiger partial charge >= 0.3 is 0 Å². The van der Waals surface area contributed by atoms with Gasteiger partial charge in [0, 0.05) is 59.5 Å². The van der Waals surface area contributed by atoms with E-state index in [9.17, 15) is 9.59 Å². The zero-order valence-electron chi connectivity index (χ0n) is 23.5. The summed E-state index contributed by atoms with van der Waals surface area (Å²) < 4.78 is 5.89. The maximum absolute atomic E-state index is 13.9. The van der Waals surface area contributed by atoms with Crippen LogP contribution >= 0.6 is 0 Å². The minimum absolute atomic E-state index is 0.0965. The van der Waals surface area contributed by atoms with Crippen LogP contribution in [0.1, 0.15) is 51.1 Å². The van der Waals surface area contributed by atoms with E-state index in [1.165, 1.54) is 11.2 Å². The normalized spacial score (nSPS) is 16.4. The van der Waals surface area contributed by atoms with Gasteiger partial charge in [0.1, 0.15) is 6.61 Å². The second-order valence-electron chi connectivity index (χ2n) is 11.3. The fourth-order valence-corrected chi connectivity index (χ4v) is 6.39. The van der Waals surface area contributed by atoms with Gasteiger partial charge in [-0.1, -0.05) is 24.3 Å². The number of rotatable bonds is 7. The zero-order chi connectivity index (χ0) is 29.1. The molecule has 0 radical (unpaired) electrons. The van der Waals surface area contributed by atoms with Crippen LogP contribution in [0.4, 0.5) is 17.3 Å². The van der Waals surface area contributed by atoms with Crippen molar-refractivity contribution in [3.8, 4) is 5.88 Å². The van der Waals surface area contributed by atoms with Gasteiger partial charge in [0.05, 0.1) is 12.9 Å². The number of H-pyrrole nitrogens is 1. The molecule has 5 heterocycles. The number of ether oxygens (including phenoxy) is 1. The summed E-state index contributed by atoms with van der Waals surface area (Å²) in [6.45, 7) is 4.40. The van der Waals surface area contributed by atoms with E-state index in [0.29, 0.717) is 28.2 Å². The van der Waals surface area contributed by atoms with Crippen LogP contribution in [0.3, 0.4) is 0 Å². The van der Waals surface area contributed by atoms with Crippen molar-refractivity contribution < 1.29 is 14.3 Å². The van der Waals surface area contributed by atoms with Gasteiger partial charge in [-0.15, -0.1) is 0 Å². The van der Waals surface area contributed by atoms with E-state index < -0.39 is 0 Å². The highest BCUT2D eigenvalue weighted by atomic mass is 16.5. The number of imidazole rings is 1. The fourth-order valence-electron chi connectivity index (χ4n) is 6.39. The molecule has 3 N–H and O–H groups in total. The monoisotopic (exact) mass is 574 g/mol. The van der Waals surface area contributed by atoms with E-state index in [1.54, 1.807) is 0 Å². The largest absolute Gasteiger partial charge is 0.471 e. The number of carbonyl (C=O) groups is 2. The lowest BCUT2D eigenvalue weighted by Gasteiger charge is -2.37. The van der Waals surface area contributed by atoms with Crippen molar-refractivity contribution in [3.63, 3.8) is 0 Å². The first-order valence-corrected chi connectivity index (χ1v) is 14.7. The molecule has 11 heteroatoms. The van der Waals surface area contributed by atoms with Gasteiger partial charge < -0.3 is 25.3 Å². The number of benzene rings is 3. The Kier molecular flexibility index (Phi) is 5.92. The molecule has 2 saturated heterocycles. The average Bonchev–Trinajstić information content (AvgIpc) is 3.70. The van der Waals surface area contributed by atoms with Crippen molar-refractivity contribution in [3.05, 3.63) is 77.1 Å². The lowest BCUT2D eigenvalue weighted by atomic mass is 9.90. The Balaban J connectivity index is 1.06. The number of amides is 2. The molecule has 8 rings (SSSR count). The molecule has 43 heavy (non-hydrogen) atoms. The van der Waals surface area contributed by atoms with Gasteiger partial charge in [-0.3, -0.25) is 14.5 Å². The fraction of sp³-hybridized carbons (Fsp3) is 0.281. The molecule has 2 amide bonds. The molecule has 0 unspecified atom stereocenters. The lowest BCUT2D eigenvalue weighted by molar-refractivity contribution is 0.0598. The summed E-state index contributed by atoms with van der Waals surface area (Å²) in [5, 5.41) is 1.84. The number of hydrogen-bond acceptors (Lipinski definition) is 9. The Morgan fingerprint density at radius 2 is 1.40 bits per heavy atom. The minimum Gasteiger partial charge on any atom is -0.471 e. The Morgan fingerprint density at radius 1 is 0.767 bits per heavy atom. The molecule has 0 saturated carbocycles. The number of nitrogens with one attached hydrogen (secondary N) is 1.